The van der Waals surface area contributed by atoms with Crippen LogP contribution in [0.1, 0.15) is 43.0 Å². The van der Waals surface area contributed by atoms with Crippen LogP contribution in [0.5, 0.6) is 11.5 Å². The minimum absolute atomic E-state index is 0.0139. The van der Waals surface area contributed by atoms with Crippen LogP contribution in [-0.4, -0.2) is 31.2 Å². The molecule has 0 aliphatic carbocycles. The van der Waals surface area contributed by atoms with Gasteiger partial charge in [-0.25, -0.2) is 0 Å². The van der Waals surface area contributed by atoms with Gasteiger partial charge in [-0.3, -0.25) is 4.79 Å². The molecule has 0 saturated heterocycles. The number of rotatable bonds is 6. The van der Waals surface area contributed by atoms with Gasteiger partial charge in [0.25, 0.3) is 0 Å². The third-order valence-electron chi connectivity index (χ3n) is 3.98. The van der Waals surface area contributed by atoms with Gasteiger partial charge in [0.2, 0.25) is 0 Å². The number of carbonyl (C=O) groups is 1. The predicted octanol–water partition coefficient (Wildman–Crippen LogP) is 2.83. The zero-order valence-corrected chi connectivity index (χ0v) is 12.1. The van der Waals surface area contributed by atoms with E-state index < -0.39 is 5.41 Å². The lowest BCUT2D eigenvalue weighted by atomic mass is 9.76. The highest BCUT2D eigenvalue weighted by Crippen LogP contribution is 2.39. The smallest absolute Gasteiger partial charge is 0.178 e. The Kier molecular flexibility index (Phi) is 4.65. The van der Waals surface area contributed by atoms with Crippen molar-refractivity contribution in [3.63, 3.8) is 0 Å². The highest BCUT2D eigenvalue weighted by Gasteiger charge is 2.43. The maximum absolute atomic E-state index is 12.7. The van der Waals surface area contributed by atoms with Gasteiger partial charge in [-0.2, -0.15) is 0 Å². The molecule has 0 aromatic heterocycles. The van der Waals surface area contributed by atoms with Crippen molar-refractivity contribution in [2.24, 2.45) is 5.41 Å². The van der Waals surface area contributed by atoms with E-state index in [-0.39, 0.29) is 19.0 Å². The van der Waals surface area contributed by atoms with Crippen molar-refractivity contribution in [1.82, 2.24) is 0 Å². The summed E-state index contributed by atoms with van der Waals surface area (Å²) < 4.78 is 10.8. The molecule has 0 bridgehead atoms. The summed E-state index contributed by atoms with van der Waals surface area (Å²) in [5.41, 5.74) is -0.237. The summed E-state index contributed by atoms with van der Waals surface area (Å²) in [6.45, 7) is 2.19. The maximum atomic E-state index is 12.7. The normalized spacial score (nSPS) is 21.2. The lowest BCUT2D eigenvalue weighted by Gasteiger charge is -2.35. The average Bonchev–Trinajstić information content (AvgIpc) is 2.49. The predicted molar refractivity (Wildman–Crippen MR) is 76.5 cm³/mol. The Morgan fingerprint density at radius 1 is 1.40 bits per heavy atom. The monoisotopic (exact) mass is 278 g/mol. The fraction of sp³-hybridized carbons (Fsp3) is 0.562. The van der Waals surface area contributed by atoms with Crippen LogP contribution in [0.4, 0.5) is 0 Å². The van der Waals surface area contributed by atoms with Gasteiger partial charge in [0.05, 0.1) is 24.7 Å². The number of methoxy groups -OCH3 is 1. The molecule has 0 fully saturated rings. The summed E-state index contributed by atoms with van der Waals surface area (Å²) in [5, 5.41) is 9.71. The minimum Gasteiger partial charge on any atom is -0.497 e. The van der Waals surface area contributed by atoms with E-state index in [0.29, 0.717) is 23.5 Å². The number of hydrogen-bond acceptors (Lipinski definition) is 4. The lowest BCUT2D eigenvalue weighted by Crippen LogP contribution is -2.44. The first-order valence-electron chi connectivity index (χ1n) is 7.13. The third-order valence-corrected chi connectivity index (χ3v) is 3.98. The molecule has 20 heavy (non-hydrogen) atoms. The van der Waals surface area contributed by atoms with Crippen LogP contribution in [0.2, 0.25) is 0 Å². The maximum Gasteiger partial charge on any atom is 0.178 e. The Morgan fingerprint density at radius 2 is 2.20 bits per heavy atom. The molecule has 1 aliphatic rings. The van der Waals surface area contributed by atoms with Gasteiger partial charge in [-0.15, -0.1) is 0 Å². The van der Waals surface area contributed by atoms with Crippen LogP contribution in [0.3, 0.4) is 0 Å². The molecule has 1 atom stereocenters. The van der Waals surface area contributed by atoms with Crippen molar-refractivity contribution in [3.8, 4) is 11.5 Å². The molecule has 2 rings (SSSR count). The number of benzene rings is 1. The molecule has 0 radical (unpaired) electrons. The first-order chi connectivity index (χ1) is 9.66. The van der Waals surface area contributed by atoms with Gasteiger partial charge in [0, 0.05) is 6.07 Å². The molecule has 1 aromatic carbocycles. The number of ketones is 1. The van der Waals surface area contributed by atoms with E-state index in [2.05, 4.69) is 6.92 Å². The second-order valence-electron chi connectivity index (χ2n) is 5.38. The fourth-order valence-corrected chi connectivity index (χ4v) is 2.60. The molecule has 4 heteroatoms. The van der Waals surface area contributed by atoms with Crippen LogP contribution >= 0.6 is 0 Å². The number of aliphatic hydroxyl groups is 1. The van der Waals surface area contributed by atoms with Crippen LogP contribution in [0, 0.1) is 5.41 Å². The average molecular weight is 278 g/mol. The standard InChI is InChI=1S/C16H22O4/c1-3-4-5-8-16(10-17)11-20-14-9-12(19-2)6-7-13(14)15(16)18/h6-7,9,17H,3-5,8,10-11H2,1-2H3/t16-/m1/s1. The number of unbranched alkanes of at least 4 members (excludes halogenated alkanes) is 2. The molecule has 0 amide bonds. The van der Waals surface area contributed by atoms with E-state index in [0.717, 1.165) is 19.3 Å². The van der Waals surface area contributed by atoms with E-state index in [1.807, 2.05) is 0 Å². The molecular weight excluding hydrogens is 256 g/mol. The van der Waals surface area contributed by atoms with Crippen LogP contribution < -0.4 is 9.47 Å². The van der Waals surface area contributed by atoms with Crippen molar-refractivity contribution in [1.29, 1.82) is 0 Å². The first-order valence-corrected chi connectivity index (χ1v) is 7.13. The minimum atomic E-state index is -0.781. The number of hydrogen-bond donors (Lipinski definition) is 1. The number of carbonyl (C=O) groups excluding carboxylic acids is 1. The van der Waals surface area contributed by atoms with E-state index in [1.54, 1.807) is 25.3 Å². The highest BCUT2D eigenvalue weighted by molar-refractivity contribution is 6.04. The SMILES string of the molecule is CCCCC[C@@]1(CO)COc2cc(OC)ccc2C1=O. The molecule has 0 saturated carbocycles. The number of ether oxygens (including phenoxy) is 2. The van der Waals surface area contributed by atoms with Crippen molar-refractivity contribution < 1.29 is 19.4 Å². The molecule has 1 heterocycles. The zero-order chi connectivity index (χ0) is 14.6. The van der Waals surface area contributed by atoms with Gasteiger partial charge in [-0.1, -0.05) is 26.2 Å². The largest absolute Gasteiger partial charge is 0.497 e. The van der Waals surface area contributed by atoms with Gasteiger partial charge < -0.3 is 14.6 Å². The Hall–Kier alpha value is -1.55. The Bertz CT molecular complexity index is 483. The third kappa shape index (κ3) is 2.66. The first kappa shape index (κ1) is 14.9. The van der Waals surface area contributed by atoms with E-state index in [9.17, 15) is 9.90 Å². The molecule has 1 aliphatic heterocycles. The topological polar surface area (TPSA) is 55.8 Å². The van der Waals surface area contributed by atoms with E-state index in [4.69, 9.17) is 9.47 Å². The molecule has 1 N–H and O–H groups in total. The Labute approximate surface area is 119 Å². The summed E-state index contributed by atoms with van der Waals surface area (Å²) in [4.78, 5) is 12.7. The molecule has 4 nitrogen and oxygen atoms in total. The van der Waals surface area contributed by atoms with Gasteiger partial charge >= 0.3 is 0 Å². The van der Waals surface area contributed by atoms with Crippen molar-refractivity contribution in [2.45, 2.75) is 32.6 Å². The lowest BCUT2D eigenvalue weighted by molar-refractivity contribution is 0.0335. The van der Waals surface area contributed by atoms with Gasteiger partial charge in [-0.05, 0) is 18.6 Å². The van der Waals surface area contributed by atoms with Crippen molar-refractivity contribution in [3.05, 3.63) is 23.8 Å². The molecule has 0 spiro atoms. The summed E-state index contributed by atoms with van der Waals surface area (Å²) in [6.07, 6.45) is 3.74. The summed E-state index contributed by atoms with van der Waals surface area (Å²) in [7, 11) is 1.58. The summed E-state index contributed by atoms with van der Waals surface area (Å²) >= 11 is 0. The molecule has 0 unspecified atom stereocenters. The summed E-state index contributed by atoms with van der Waals surface area (Å²) in [5.74, 6) is 1.20. The van der Waals surface area contributed by atoms with E-state index >= 15 is 0 Å². The quantitative estimate of drug-likeness (QED) is 0.813. The molecule has 110 valence electrons. The van der Waals surface area contributed by atoms with Crippen molar-refractivity contribution >= 4 is 5.78 Å². The Balaban J connectivity index is 2.24. The second-order valence-corrected chi connectivity index (χ2v) is 5.38. The second kappa shape index (κ2) is 6.27. The van der Waals surface area contributed by atoms with Crippen LogP contribution in [0.15, 0.2) is 18.2 Å². The number of aliphatic hydroxyl groups excluding tert-OH is 1. The van der Waals surface area contributed by atoms with Crippen LogP contribution in [-0.2, 0) is 0 Å². The molecule has 1 aromatic rings. The van der Waals surface area contributed by atoms with Gasteiger partial charge in [0.15, 0.2) is 5.78 Å². The number of Topliss-reactive ketones (excluding diaryl/α,β-unsaturated/α-hetero) is 1. The zero-order valence-electron chi connectivity index (χ0n) is 12.1. The Morgan fingerprint density at radius 3 is 2.85 bits per heavy atom. The number of fused-ring (bicyclic) bond motifs is 1. The molecular formula is C16H22O4. The summed E-state index contributed by atoms with van der Waals surface area (Å²) in [6, 6.07) is 5.19. The fourth-order valence-electron chi connectivity index (χ4n) is 2.60. The highest BCUT2D eigenvalue weighted by atomic mass is 16.5. The van der Waals surface area contributed by atoms with E-state index in [1.165, 1.54) is 0 Å². The van der Waals surface area contributed by atoms with Crippen LogP contribution in [0.25, 0.3) is 0 Å². The van der Waals surface area contributed by atoms with Crippen molar-refractivity contribution in [2.75, 3.05) is 20.3 Å². The van der Waals surface area contributed by atoms with Gasteiger partial charge in [0.1, 0.15) is 18.1 Å².